The molecule has 0 aromatic carbocycles. The van der Waals surface area contributed by atoms with Gasteiger partial charge in [0.2, 0.25) is 0 Å². The van der Waals surface area contributed by atoms with E-state index < -0.39 is 0 Å². The van der Waals surface area contributed by atoms with Crippen LogP contribution in [0.15, 0.2) is 29.9 Å². The van der Waals surface area contributed by atoms with E-state index in [9.17, 15) is 0 Å². The second-order valence-corrected chi connectivity index (χ2v) is 4.59. The number of nitrogens with zero attached hydrogens (tertiary/aromatic N) is 3. The average Bonchev–Trinajstić information content (AvgIpc) is 2.90. The van der Waals surface area contributed by atoms with E-state index >= 15 is 0 Å². The van der Waals surface area contributed by atoms with E-state index in [2.05, 4.69) is 28.3 Å². The van der Waals surface area contributed by atoms with Crippen LogP contribution in [0.3, 0.4) is 0 Å². The Labute approximate surface area is 104 Å². The van der Waals surface area contributed by atoms with Gasteiger partial charge in [-0.15, -0.1) is 11.3 Å². The van der Waals surface area contributed by atoms with Crippen LogP contribution in [0.1, 0.15) is 23.4 Å². The van der Waals surface area contributed by atoms with Gasteiger partial charge in [-0.2, -0.15) is 5.26 Å². The molecule has 0 amide bonds. The van der Waals surface area contributed by atoms with Crippen LogP contribution in [-0.2, 0) is 0 Å². The van der Waals surface area contributed by atoms with Gasteiger partial charge in [-0.05, 0) is 12.1 Å². The van der Waals surface area contributed by atoms with Gasteiger partial charge >= 0.3 is 0 Å². The van der Waals surface area contributed by atoms with Gasteiger partial charge < -0.3 is 5.32 Å². The van der Waals surface area contributed by atoms with Gasteiger partial charge in [-0.25, -0.2) is 9.97 Å². The maximum absolute atomic E-state index is 8.93. The third-order valence-electron chi connectivity index (χ3n) is 2.38. The number of aromatic nitrogens is 2. The lowest BCUT2D eigenvalue weighted by Crippen LogP contribution is -2.11. The minimum atomic E-state index is 0.309. The summed E-state index contributed by atoms with van der Waals surface area (Å²) in [5.74, 6) is 0.946. The normalized spacial score (nSPS) is 11.8. The lowest BCUT2D eigenvalue weighted by Gasteiger charge is -2.11. The van der Waals surface area contributed by atoms with Gasteiger partial charge in [0.25, 0.3) is 0 Å². The second-order valence-electron chi connectivity index (χ2n) is 3.66. The first-order valence-corrected chi connectivity index (χ1v) is 6.17. The summed E-state index contributed by atoms with van der Waals surface area (Å²) in [5.41, 5.74) is 0.568. The highest BCUT2D eigenvalue weighted by atomic mass is 32.1. The zero-order valence-electron chi connectivity index (χ0n) is 9.42. The van der Waals surface area contributed by atoms with Crippen molar-refractivity contribution in [3.8, 4) is 6.07 Å². The van der Waals surface area contributed by atoms with Gasteiger partial charge in [0, 0.05) is 30.2 Å². The number of rotatable bonds is 4. The van der Waals surface area contributed by atoms with E-state index in [1.54, 1.807) is 35.9 Å². The quantitative estimate of drug-likeness (QED) is 0.898. The Kier molecular flexibility index (Phi) is 3.68. The van der Waals surface area contributed by atoms with Crippen LogP contribution >= 0.6 is 11.3 Å². The summed E-state index contributed by atoms with van der Waals surface area (Å²) in [6.45, 7) is 2.82. The predicted octanol–water partition coefficient (Wildman–Crippen LogP) is 2.63. The van der Waals surface area contributed by atoms with E-state index in [1.165, 1.54) is 0 Å². The number of nitriles is 1. The first-order valence-electron chi connectivity index (χ1n) is 5.29. The fourth-order valence-electron chi connectivity index (χ4n) is 1.45. The molecule has 0 aliphatic heterocycles. The molecule has 1 N–H and O–H groups in total. The maximum atomic E-state index is 8.93. The van der Waals surface area contributed by atoms with Gasteiger partial charge in [0.15, 0.2) is 0 Å². The minimum Gasteiger partial charge on any atom is -0.368 e. The Balaban J connectivity index is 2.01. The number of anilines is 1. The molecule has 0 saturated heterocycles. The van der Waals surface area contributed by atoms with E-state index in [-0.39, 0.29) is 0 Å². The predicted molar refractivity (Wildman–Crippen MR) is 68.0 cm³/mol. The monoisotopic (exact) mass is 244 g/mol. The van der Waals surface area contributed by atoms with E-state index in [0.29, 0.717) is 17.3 Å². The number of nitrogens with one attached hydrogen (secondary N) is 1. The van der Waals surface area contributed by atoms with E-state index in [0.717, 1.165) is 11.6 Å². The largest absolute Gasteiger partial charge is 0.368 e. The van der Waals surface area contributed by atoms with Crippen molar-refractivity contribution in [1.82, 2.24) is 9.97 Å². The fourth-order valence-corrected chi connectivity index (χ4v) is 2.15. The van der Waals surface area contributed by atoms with Gasteiger partial charge in [0.05, 0.1) is 10.6 Å². The molecule has 0 radical (unpaired) electrons. The summed E-state index contributed by atoms with van der Waals surface area (Å²) in [6.07, 6.45) is 3.48. The molecule has 0 bridgehead atoms. The molecule has 0 aliphatic rings. The molecule has 2 aromatic rings. The maximum Gasteiger partial charge on any atom is 0.143 e. The van der Waals surface area contributed by atoms with Crippen molar-refractivity contribution in [3.05, 3.63) is 40.5 Å². The van der Waals surface area contributed by atoms with Crippen LogP contribution in [0.2, 0.25) is 0 Å². The molecule has 0 saturated carbocycles. The molecule has 86 valence electrons. The molecule has 2 heterocycles. The number of hydrogen-bond donors (Lipinski definition) is 1. The lowest BCUT2D eigenvalue weighted by atomic mass is 10.2. The molecular weight excluding hydrogens is 232 g/mol. The van der Waals surface area contributed by atoms with Gasteiger partial charge in [-0.1, -0.05) is 6.92 Å². The Morgan fingerprint density at radius 1 is 1.47 bits per heavy atom. The fraction of sp³-hybridized carbons (Fsp3) is 0.250. The van der Waals surface area contributed by atoms with Crippen LogP contribution in [0.25, 0.3) is 0 Å². The summed E-state index contributed by atoms with van der Waals surface area (Å²) in [7, 11) is 0. The highest BCUT2D eigenvalue weighted by molar-refractivity contribution is 7.09. The molecule has 4 nitrogen and oxygen atoms in total. The summed E-state index contributed by atoms with van der Waals surface area (Å²) >= 11 is 1.64. The van der Waals surface area contributed by atoms with Gasteiger partial charge in [0.1, 0.15) is 11.9 Å². The first kappa shape index (κ1) is 11.6. The SMILES string of the molecule is CC(CNc1ncccc1C#N)c1nccs1. The highest BCUT2D eigenvalue weighted by Gasteiger charge is 2.09. The lowest BCUT2D eigenvalue weighted by molar-refractivity contribution is 0.791. The number of thiazole rings is 1. The van der Waals surface area contributed by atoms with Crippen molar-refractivity contribution in [2.24, 2.45) is 0 Å². The molecule has 1 atom stereocenters. The number of pyridine rings is 1. The molecule has 2 aromatic heterocycles. The van der Waals surface area contributed by atoms with Crippen LogP contribution in [0.4, 0.5) is 5.82 Å². The molecular formula is C12H12N4S. The Hall–Kier alpha value is -1.93. The third kappa shape index (κ3) is 2.80. The van der Waals surface area contributed by atoms with Crippen molar-refractivity contribution in [2.45, 2.75) is 12.8 Å². The smallest absolute Gasteiger partial charge is 0.143 e. The molecule has 17 heavy (non-hydrogen) atoms. The summed E-state index contributed by atoms with van der Waals surface area (Å²) in [6, 6.07) is 5.63. The Morgan fingerprint density at radius 3 is 3.06 bits per heavy atom. The first-order chi connectivity index (χ1) is 8.31. The molecule has 0 aliphatic carbocycles. The Bertz CT molecular complexity index is 516. The van der Waals surface area contributed by atoms with Crippen molar-refractivity contribution in [1.29, 1.82) is 5.26 Å². The number of hydrogen-bond acceptors (Lipinski definition) is 5. The summed E-state index contributed by atoms with van der Waals surface area (Å²) in [4.78, 5) is 8.42. The highest BCUT2D eigenvalue weighted by Crippen LogP contribution is 2.18. The third-order valence-corrected chi connectivity index (χ3v) is 3.38. The van der Waals surface area contributed by atoms with Crippen molar-refractivity contribution >= 4 is 17.2 Å². The molecule has 0 spiro atoms. The zero-order chi connectivity index (χ0) is 12.1. The summed E-state index contributed by atoms with van der Waals surface area (Å²) < 4.78 is 0. The van der Waals surface area contributed by atoms with Crippen molar-refractivity contribution < 1.29 is 0 Å². The molecule has 5 heteroatoms. The van der Waals surface area contributed by atoms with Crippen LogP contribution in [-0.4, -0.2) is 16.5 Å². The topological polar surface area (TPSA) is 61.6 Å². The minimum absolute atomic E-state index is 0.309. The van der Waals surface area contributed by atoms with E-state index in [1.807, 2.05) is 5.38 Å². The van der Waals surface area contributed by atoms with Crippen LogP contribution in [0, 0.1) is 11.3 Å². The molecule has 0 fully saturated rings. The average molecular weight is 244 g/mol. The molecule has 1 unspecified atom stereocenters. The summed E-state index contributed by atoms with van der Waals surface area (Å²) in [5, 5.41) is 15.2. The Morgan fingerprint density at radius 2 is 2.35 bits per heavy atom. The van der Waals surface area contributed by atoms with Crippen LogP contribution < -0.4 is 5.32 Å². The van der Waals surface area contributed by atoms with Crippen molar-refractivity contribution in [2.75, 3.05) is 11.9 Å². The van der Waals surface area contributed by atoms with Crippen LogP contribution in [0.5, 0.6) is 0 Å². The standard InChI is InChI=1S/C12H12N4S/c1-9(12-15-5-6-17-12)8-16-11-10(7-13)3-2-4-14-11/h2-6,9H,8H2,1H3,(H,14,16). The van der Waals surface area contributed by atoms with Crippen molar-refractivity contribution in [3.63, 3.8) is 0 Å². The second kappa shape index (κ2) is 5.41. The molecule has 2 rings (SSSR count). The van der Waals surface area contributed by atoms with E-state index in [4.69, 9.17) is 5.26 Å². The zero-order valence-corrected chi connectivity index (χ0v) is 10.2. The van der Waals surface area contributed by atoms with Gasteiger partial charge in [-0.3, -0.25) is 0 Å².